The summed E-state index contributed by atoms with van der Waals surface area (Å²) < 4.78 is 2.11. The maximum absolute atomic E-state index is 12.8. The molecule has 0 spiro atoms. The number of rotatable bonds is 7. The molecule has 0 saturated carbocycles. The molecule has 5 nitrogen and oxygen atoms in total. The van der Waals surface area contributed by atoms with Crippen LogP contribution in [0.4, 0.5) is 0 Å². The van der Waals surface area contributed by atoms with E-state index in [1.807, 2.05) is 0 Å². The van der Waals surface area contributed by atoms with Crippen molar-refractivity contribution in [2.45, 2.75) is 44.3 Å². The van der Waals surface area contributed by atoms with Gasteiger partial charge >= 0.3 is 0 Å². The summed E-state index contributed by atoms with van der Waals surface area (Å²) in [5.74, 6) is 1.24. The third-order valence-corrected chi connectivity index (χ3v) is 7.76. The molecule has 2 heterocycles. The molecule has 2 aromatic heterocycles. The van der Waals surface area contributed by atoms with E-state index in [-0.39, 0.29) is 11.9 Å². The molecule has 0 unspecified atom stereocenters. The molecule has 5 rings (SSSR count). The molecule has 0 bridgehead atoms. The first-order chi connectivity index (χ1) is 16.1. The van der Waals surface area contributed by atoms with Gasteiger partial charge in [-0.1, -0.05) is 59.8 Å². The van der Waals surface area contributed by atoms with Gasteiger partial charge in [-0.2, -0.15) is 0 Å². The number of benzene rings is 2. The van der Waals surface area contributed by atoms with E-state index in [1.54, 1.807) is 11.3 Å². The third kappa shape index (κ3) is 4.89. The number of thiophene rings is 1. The highest BCUT2D eigenvalue weighted by Crippen LogP contribution is 2.27. The Morgan fingerprint density at radius 2 is 1.88 bits per heavy atom. The highest BCUT2D eigenvalue weighted by molar-refractivity contribution is 7.99. The maximum Gasteiger partial charge on any atom is 0.230 e. The van der Waals surface area contributed by atoms with Crippen LogP contribution in [0.1, 0.15) is 33.0 Å². The molecule has 4 aromatic rings. The number of carbonyl (C=O) groups excluding carboxylic acids is 1. The van der Waals surface area contributed by atoms with Crippen molar-refractivity contribution in [3.8, 4) is 5.69 Å². The van der Waals surface area contributed by atoms with Crippen LogP contribution in [-0.2, 0) is 24.1 Å². The monoisotopic (exact) mass is 474 g/mol. The van der Waals surface area contributed by atoms with Crippen molar-refractivity contribution < 1.29 is 4.79 Å². The van der Waals surface area contributed by atoms with Crippen LogP contribution in [-0.4, -0.2) is 32.5 Å². The van der Waals surface area contributed by atoms with Crippen LogP contribution < -0.4 is 5.32 Å². The summed E-state index contributed by atoms with van der Waals surface area (Å²) in [4.78, 5) is 14.0. The highest BCUT2D eigenvalue weighted by atomic mass is 32.2. The second-order valence-corrected chi connectivity index (χ2v) is 10.5. The van der Waals surface area contributed by atoms with Crippen molar-refractivity contribution >= 4 is 29.0 Å². The zero-order chi connectivity index (χ0) is 22.8. The van der Waals surface area contributed by atoms with Gasteiger partial charge in [0.05, 0.1) is 11.4 Å². The summed E-state index contributed by atoms with van der Waals surface area (Å²) in [5, 5.41) is 15.0. The zero-order valence-corrected chi connectivity index (χ0v) is 20.4. The summed E-state index contributed by atoms with van der Waals surface area (Å²) in [6.07, 6.45) is 2.51. The Bertz CT molecular complexity index is 1250. The van der Waals surface area contributed by atoms with E-state index < -0.39 is 0 Å². The molecule has 0 atom stereocenters. The van der Waals surface area contributed by atoms with E-state index in [0.29, 0.717) is 12.2 Å². The van der Waals surface area contributed by atoms with Crippen LogP contribution in [0, 0.1) is 13.8 Å². The van der Waals surface area contributed by atoms with Crippen molar-refractivity contribution in [2.75, 3.05) is 5.75 Å². The molecule has 0 aliphatic heterocycles. The summed E-state index contributed by atoms with van der Waals surface area (Å²) in [6.45, 7) is 4.20. The number of aromatic nitrogens is 3. The van der Waals surface area contributed by atoms with Gasteiger partial charge in [-0.05, 0) is 60.9 Å². The Morgan fingerprint density at radius 3 is 2.58 bits per heavy atom. The third-order valence-electron chi connectivity index (χ3n) is 5.95. The number of hydrogen-bond acceptors (Lipinski definition) is 5. The number of nitrogens with zero attached hydrogens (tertiary/aromatic N) is 3. The zero-order valence-electron chi connectivity index (χ0n) is 18.7. The van der Waals surface area contributed by atoms with E-state index in [2.05, 4.69) is 93.9 Å². The molecule has 168 valence electrons. The molecule has 1 aliphatic carbocycles. The first-order valence-electron chi connectivity index (χ1n) is 11.1. The fraction of sp³-hybridized carbons (Fsp3) is 0.269. The van der Waals surface area contributed by atoms with E-state index in [1.165, 1.54) is 33.3 Å². The lowest BCUT2D eigenvalue weighted by molar-refractivity contribution is -0.119. The number of amides is 1. The normalized spacial score (nSPS) is 13.3. The van der Waals surface area contributed by atoms with Gasteiger partial charge in [-0.25, -0.2) is 0 Å². The van der Waals surface area contributed by atoms with Gasteiger partial charge in [-0.15, -0.1) is 21.5 Å². The quantitative estimate of drug-likeness (QED) is 0.387. The Morgan fingerprint density at radius 1 is 1.09 bits per heavy atom. The molecule has 2 aromatic carbocycles. The fourth-order valence-corrected chi connectivity index (χ4v) is 5.91. The number of aryl methyl sites for hydroxylation is 2. The van der Waals surface area contributed by atoms with Crippen LogP contribution >= 0.6 is 23.1 Å². The molecule has 0 radical (unpaired) electrons. The molecule has 0 saturated heterocycles. The van der Waals surface area contributed by atoms with E-state index in [0.717, 1.165) is 35.1 Å². The van der Waals surface area contributed by atoms with Gasteiger partial charge in [-0.3, -0.25) is 9.36 Å². The molecule has 33 heavy (non-hydrogen) atoms. The highest BCUT2D eigenvalue weighted by Gasteiger charge is 2.23. The second-order valence-electron chi connectivity index (χ2n) is 8.51. The average Bonchev–Trinajstić information content (AvgIpc) is 3.53. The van der Waals surface area contributed by atoms with Crippen molar-refractivity contribution in [1.29, 1.82) is 0 Å². The van der Waals surface area contributed by atoms with Gasteiger partial charge in [0, 0.05) is 17.3 Å². The summed E-state index contributed by atoms with van der Waals surface area (Å²) in [5.41, 5.74) is 6.12. The number of nitrogens with one attached hydrogen (secondary N) is 1. The first kappa shape index (κ1) is 21.9. The fourth-order valence-electron chi connectivity index (χ4n) is 4.44. The molecule has 7 heteroatoms. The smallest absolute Gasteiger partial charge is 0.230 e. The molecular formula is C26H26N4OS2. The average molecular weight is 475 g/mol. The van der Waals surface area contributed by atoms with Gasteiger partial charge in [0.2, 0.25) is 5.91 Å². The van der Waals surface area contributed by atoms with Crippen LogP contribution in [0.25, 0.3) is 5.69 Å². The molecule has 1 N–H and O–H groups in total. The van der Waals surface area contributed by atoms with Gasteiger partial charge in [0.15, 0.2) is 5.16 Å². The predicted octanol–water partition coefficient (Wildman–Crippen LogP) is 4.91. The Balaban J connectivity index is 1.32. The van der Waals surface area contributed by atoms with E-state index >= 15 is 0 Å². The SMILES string of the molecule is Cc1ccc(-n2c(Cc3cccs3)nnc2SCC(=O)NC2Cc3ccccc3C2)c(C)c1. The van der Waals surface area contributed by atoms with E-state index in [4.69, 9.17) is 0 Å². The first-order valence-corrected chi connectivity index (χ1v) is 13.0. The summed E-state index contributed by atoms with van der Waals surface area (Å²) in [7, 11) is 0. The number of hydrogen-bond donors (Lipinski definition) is 1. The van der Waals surface area contributed by atoms with Gasteiger partial charge < -0.3 is 5.32 Å². The lowest BCUT2D eigenvalue weighted by Gasteiger charge is -2.14. The van der Waals surface area contributed by atoms with Crippen LogP contribution in [0.3, 0.4) is 0 Å². The molecular weight excluding hydrogens is 448 g/mol. The minimum atomic E-state index is 0.0350. The van der Waals surface area contributed by atoms with Crippen molar-refractivity contribution in [1.82, 2.24) is 20.1 Å². The summed E-state index contributed by atoms with van der Waals surface area (Å²) >= 11 is 3.16. The van der Waals surface area contributed by atoms with Crippen LogP contribution in [0.15, 0.2) is 65.1 Å². The van der Waals surface area contributed by atoms with Crippen molar-refractivity contribution in [3.63, 3.8) is 0 Å². The van der Waals surface area contributed by atoms with Crippen LogP contribution in [0.2, 0.25) is 0 Å². The van der Waals surface area contributed by atoms with Crippen LogP contribution in [0.5, 0.6) is 0 Å². The lowest BCUT2D eigenvalue weighted by atomic mass is 10.1. The largest absolute Gasteiger partial charge is 0.352 e. The second kappa shape index (κ2) is 9.53. The molecule has 1 aliphatic rings. The predicted molar refractivity (Wildman–Crippen MR) is 134 cm³/mol. The topological polar surface area (TPSA) is 59.8 Å². The van der Waals surface area contributed by atoms with Crippen molar-refractivity contribution in [3.05, 3.63) is 92.9 Å². The minimum absolute atomic E-state index is 0.0350. The van der Waals surface area contributed by atoms with E-state index in [9.17, 15) is 4.79 Å². The Labute approximate surface area is 202 Å². The standard InChI is InChI=1S/C26H26N4OS2/c1-17-9-10-23(18(2)12-17)30-24(15-22-8-5-11-32-22)28-29-26(30)33-16-25(31)27-21-13-19-6-3-4-7-20(19)14-21/h3-12,21H,13-16H2,1-2H3,(H,27,31). The Kier molecular flexibility index (Phi) is 6.33. The lowest BCUT2D eigenvalue weighted by Crippen LogP contribution is -2.36. The maximum atomic E-state index is 12.8. The number of fused-ring (bicyclic) bond motifs is 1. The molecule has 0 fully saturated rings. The number of carbonyl (C=O) groups is 1. The van der Waals surface area contributed by atoms with Gasteiger partial charge in [0.25, 0.3) is 0 Å². The van der Waals surface area contributed by atoms with Gasteiger partial charge in [0.1, 0.15) is 5.82 Å². The molecule has 1 amide bonds. The van der Waals surface area contributed by atoms with Crippen molar-refractivity contribution in [2.24, 2.45) is 0 Å². The number of thioether (sulfide) groups is 1. The summed E-state index contributed by atoms with van der Waals surface area (Å²) in [6, 6.07) is 19.2. The Hall–Kier alpha value is -2.90. The minimum Gasteiger partial charge on any atom is -0.352 e.